The van der Waals surface area contributed by atoms with Gasteiger partial charge in [-0.3, -0.25) is 9.79 Å². The van der Waals surface area contributed by atoms with E-state index in [1.54, 1.807) is 17.0 Å². The van der Waals surface area contributed by atoms with Gasteiger partial charge in [0, 0.05) is 32.1 Å². The first-order valence-electron chi connectivity index (χ1n) is 8.79. The number of carbonyl (C=O) groups excluding carboxylic acids is 1. The number of nitrogens with one attached hydrogen (secondary N) is 2. The predicted octanol–water partition coefficient (Wildman–Crippen LogP) is 2.02. The summed E-state index contributed by atoms with van der Waals surface area (Å²) in [6.45, 7) is 9.39. The number of ether oxygens (including phenoxy) is 1. The maximum absolute atomic E-state index is 13.1. The van der Waals surface area contributed by atoms with Crippen molar-refractivity contribution >= 4 is 11.9 Å². The molecule has 25 heavy (non-hydrogen) atoms. The normalized spacial score (nSPS) is 11.1. The van der Waals surface area contributed by atoms with Gasteiger partial charge in [-0.05, 0) is 32.9 Å². The molecule has 1 rings (SSSR count). The standard InChI is InChI=1S/C18H29FN4O2/c1-4-20-18(21-11-10-17(24)23(5-2)6-3)22-12-13-25-16-9-7-8-15(19)14-16/h7-9,14H,4-6,10-13H2,1-3H3,(H2,20,21,22). The third-order valence-electron chi connectivity index (χ3n) is 3.52. The van der Waals surface area contributed by atoms with Gasteiger partial charge >= 0.3 is 0 Å². The van der Waals surface area contributed by atoms with E-state index in [9.17, 15) is 9.18 Å². The fraction of sp³-hybridized carbons (Fsp3) is 0.556. The second kappa shape index (κ2) is 12.1. The fourth-order valence-electron chi connectivity index (χ4n) is 2.23. The minimum Gasteiger partial charge on any atom is -0.492 e. The van der Waals surface area contributed by atoms with Crippen molar-refractivity contribution in [2.75, 3.05) is 39.3 Å². The minimum atomic E-state index is -0.321. The number of nitrogens with zero attached hydrogens (tertiary/aromatic N) is 2. The highest BCUT2D eigenvalue weighted by Gasteiger charge is 2.08. The molecule has 1 aromatic rings. The Bertz CT molecular complexity index is 548. The van der Waals surface area contributed by atoms with Gasteiger partial charge in [0.15, 0.2) is 5.96 Å². The van der Waals surface area contributed by atoms with Gasteiger partial charge in [-0.15, -0.1) is 0 Å². The quantitative estimate of drug-likeness (QED) is 0.384. The molecule has 0 aliphatic carbocycles. The van der Waals surface area contributed by atoms with E-state index in [4.69, 9.17) is 4.74 Å². The molecule has 0 radical (unpaired) electrons. The summed E-state index contributed by atoms with van der Waals surface area (Å²) in [5, 5.41) is 6.25. The largest absolute Gasteiger partial charge is 0.492 e. The highest BCUT2D eigenvalue weighted by atomic mass is 19.1. The van der Waals surface area contributed by atoms with E-state index in [-0.39, 0.29) is 11.7 Å². The third kappa shape index (κ3) is 8.37. The summed E-state index contributed by atoms with van der Waals surface area (Å²) in [7, 11) is 0. The lowest BCUT2D eigenvalue weighted by molar-refractivity contribution is -0.130. The highest BCUT2D eigenvalue weighted by Crippen LogP contribution is 2.11. The molecule has 0 aliphatic rings. The molecule has 0 saturated heterocycles. The van der Waals surface area contributed by atoms with E-state index in [1.165, 1.54) is 12.1 Å². The van der Waals surface area contributed by atoms with Gasteiger partial charge in [-0.1, -0.05) is 6.07 Å². The molecule has 0 bridgehead atoms. The Morgan fingerprint density at radius 1 is 1.24 bits per heavy atom. The summed E-state index contributed by atoms with van der Waals surface area (Å²) < 4.78 is 18.5. The number of guanidine groups is 1. The van der Waals surface area contributed by atoms with Crippen LogP contribution in [-0.4, -0.2) is 56.1 Å². The Hall–Kier alpha value is -2.31. The zero-order chi connectivity index (χ0) is 18.5. The first kappa shape index (κ1) is 20.7. The first-order valence-corrected chi connectivity index (χ1v) is 8.79. The van der Waals surface area contributed by atoms with E-state index < -0.39 is 0 Å². The van der Waals surface area contributed by atoms with Crippen molar-refractivity contribution in [1.29, 1.82) is 0 Å². The molecule has 0 fully saturated rings. The first-order chi connectivity index (χ1) is 12.1. The van der Waals surface area contributed by atoms with Gasteiger partial charge < -0.3 is 20.3 Å². The predicted molar refractivity (Wildman–Crippen MR) is 98.4 cm³/mol. The van der Waals surface area contributed by atoms with Gasteiger partial charge in [0.2, 0.25) is 5.91 Å². The van der Waals surface area contributed by atoms with E-state index in [0.29, 0.717) is 37.8 Å². The van der Waals surface area contributed by atoms with Crippen molar-refractivity contribution in [3.63, 3.8) is 0 Å². The molecule has 7 heteroatoms. The fourth-order valence-corrected chi connectivity index (χ4v) is 2.23. The maximum Gasteiger partial charge on any atom is 0.224 e. The summed E-state index contributed by atoms with van der Waals surface area (Å²) in [5.74, 6) is 0.920. The molecule has 1 aromatic carbocycles. The average Bonchev–Trinajstić information content (AvgIpc) is 2.60. The van der Waals surface area contributed by atoms with Gasteiger partial charge in [-0.25, -0.2) is 4.39 Å². The lowest BCUT2D eigenvalue weighted by atomic mass is 10.3. The molecule has 140 valence electrons. The van der Waals surface area contributed by atoms with E-state index in [1.807, 2.05) is 20.8 Å². The molecule has 2 N–H and O–H groups in total. The third-order valence-corrected chi connectivity index (χ3v) is 3.52. The summed E-state index contributed by atoms with van der Waals surface area (Å²) in [6.07, 6.45) is 0.387. The van der Waals surface area contributed by atoms with Crippen LogP contribution in [-0.2, 0) is 4.79 Å². The van der Waals surface area contributed by atoms with Gasteiger partial charge in [0.25, 0.3) is 0 Å². The average molecular weight is 352 g/mol. The van der Waals surface area contributed by atoms with Crippen LogP contribution >= 0.6 is 0 Å². The number of halogens is 1. The number of rotatable bonds is 10. The van der Waals surface area contributed by atoms with Crippen LogP contribution in [0.1, 0.15) is 27.2 Å². The molecular formula is C18H29FN4O2. The maximum atomic E-state index is 13.1. The lowest BCUT2D eigenvalue weighted by Crippen LogP contribution is -2.39. The van der Waals surface area contributed by atoms with Crippen molar-refractivity contribution in [2.24, 2.45) is 4.99 Å². The van der Waals surface area contributed by atoms with Crippen molar-refractivity contribution < 1.29 is 13.9 Å². The number of carbonyl (C=O) groups is 1. The van der Waals surface area contributed by atoms with E-state index >= 15 is 0 Å². The minimum absolute atomic E-state index is 0.110. The van der Waals surface area contributed by atoms with Crippen molar-refractivity contribution in [3.05, 3.63) is 30.1 Å². The molecule has 0 heterocycles. The number of amides is 1. The number of hydrogen-bond acceptors (Lipinski definition) is 3. The number of benzene rings is 1. The molecule has 0 saturated carbocycles. The van der Waals surface area contributed by atoms with Crippen LogP contribution in [0.4, 0.5) is 4.39 Å². The van der Waals surface area contributed by atoms with Crippen LogP contribution in [0.3, 0.4) is 0 Å². The molecule has 6 nitrogen and oxygen atoms in total. The topological polar surface area (TPSA) is 66.0 Å². The van der Waals surface area contributed by atoms with Gasteiger partial charge in [-0.2, -0.15) is 0 Å². The lowest BCUT2D eigenvalue weighted by Gasteiger charge is -2.18. The Kier molecular flexibility index (Phi) is 10.0. The second-order valence-electron chi connectivity index (χ2n) is 5.31. The smallest absolute Gasteiger partial charge is 0.224 e. The van der Waals surface area contributed by atoms with Gasteiger partial charge in [0.1, 0.15) is 18.2 Å². The van der Waals surface area contributed by atoms with Crippen molar-refractivity contribution in [3.8, 4) is 5.75 Å². The molecule has 1 amide bonds. The Balaban J connectivity index is 2.36. The van der Waals surface area contributed by atoms with Crippen LogP contribution in [0.5, 0.6) is 5.75 Å². The van der Waals surface area contributed by atoms with E-state index in [0.717, 1.165) is 19.6 Å². The van der Waals surface area contributed by atoms with Crippen LogP contribution in [0.25, 0.3) is 0 Å². The molecule has 0 unspecified atom stereocenters. The van der Waals surface area contributed by atoms with Crippen LogP contribution in [0, 0.1) is 5.82 Å². The van der Waals surface area contributed by atoms with E-state index in [2.05, 4.69) is 15.6 Å². The SMILES string of the molecule is CCNC(=NCCC(=O)N(CC)CC)NCCOc1cccc(F)c1. The molecule has 0 aromatic heterocycles. The summed E-state index contributed by atoms with van der Waals surface area (Å²) in [5.41, 5.74) is 0. The molecule has 0 spiro atoms. The monoisotopic (exact) mass is 352 g/mol. The Labute approximate surface area is 149 Å². The highest BCUT2D eigenvalue weighted by molar-refractivity contribution is 5.80. The molecule has 0 atom stereocenters. The van der Waals surface area contributed by atoms with Crippen molar-refractivity contribution in [2.45, 2.75) is 27.2 Å². The molecular weight excluding hydrogens is 323 g/mol. The summed E-state index contributed by atoms with van der Waals surface area (Å²) in [6, 6.07) is 6.04. The van der Waals surface area contributed by atoms with Crippen LogP contribution < -0.4 is 15.4 Å². The van der Waals surface area contributed by atoms with Crippen LogP contribution in [0.2, 0.25) is 0 Å². The molecule has 0 aliphatic heterocycles. The Morgan fingerprint density at radius 3 is 2.64 bits per heavy atom. The number of aliphatic imine (C=N–C) groups is 1. The Morgan fingerprint density at radius 2 is 2.00 bits per heavy atom. The van der Waals surface area contributed by atoms with Crippen molar-refractivity contribution in [1.82, 2.24) is 15.5 Å². The van der Waals surface area contributed by atoms with Crippen LogP contribution in [0.15, 0.2) is 29.3 Å². The summed E-state index contributed by atoms with van der Waals surface area (Å²) >= 11 is 0. The zero-order valence-electron chi connectivity index (χ0n) is 15.3. The number of hydrogen-bond donors (Lipinski definition) is 2. The van der Waals surface area contributed by atoms with Gasteiger partial charge in [0.05, 0.1) is 13.1 Å². The summed E-state index contributed by atoms with van der Waals surface area (Å²) in [4.78, 5) is 18.1. The second-order valence-corrected chi connectivity index (χ2v) is 5.31. The zero-order valence-corrected chi connectivity index (χ0v) is 15.3.